The molecule has 1 aliphatic rings. The monoisotopic (exact) mass is 248 g/mol. The van der Waals surface area contributed by atoms with E-state index in [1.807, 2.05) is 36.2 Å². The maximum Gasteiger partial charge on any atom is 0.226 e. The van der Waals surface area contributed by atoms with E-state index >= 15 is 0 Å². The van der Waals surface area contributed by atoms with Gasteiger partial charge < -0.3 is 15.4 Å². The highest BCUT2D eigenvalue weighted by atomic mass is 16.5. The Kier molecular flexibility index (Phi) is 4.20. The van der Waals surface area contributed by atoms with Gasteiger partial charge in [0.25, 0.3) is 0 Å². The van der Waals surface area contributed by atoms with Crippen LogP contribution >= 0.6 is 0 Å². The summed E-state index contributed by atoms with van der Waals surface area (Å²) < 4.78 is 5.31. The van der Waals surface area contributed by atoms with Gasteiger partial charge in [-0.05, 0) is 30.5 Å². The fourth-order valence-corrected chi connectivity index (χ4v) is 2.21. The van der Waals surface area contributed by atoms with Crippen LogP contribution in [0.4, 0.5) is 5.69 Å². The predicted molar refractivity (Wildman–Crippen MR) is 71.2 cm³/mol. The summed E-state index contributed by atoms with van der Waals surface area (Å²) >= 11 is 0. The number of rotatable bonds is 3. The Balaban J connectivity index is 1.92. The van der Waals surface area contributed by atoms with Crippen LogP contribution in [-0.2, 0) is 16.0 Å². The first-order valence-corrected chi connectivity index (χ1v) is 6.34. The largest absolute Gasteiger partial charge is 0.399 e. The molecule has 1 amide bonds. The number of amides is 1. The van der Waals surface area contributed by atoms with Crippen LogP contribution in [-0.4, -0.2) is 37.1 Å². The second-order valence-electron chi connectivity index (χ2n) is 4.77. The van der Waals surface area contributed by atoms with Gasteiger partial charge in [0.1, 0.15) is 0 Å². The summed E-state index contributed by atoms with van der Waals surface area (Å²) in [7, 11) is 1.88. The van der Waals surface area contributed by atoms with Crippen molar-refractivity contribution < 1.29 is 9.53 Å². The van der Waals surface area contributed by atoms with Crippen LogP contribution in [0.15, 0.2) is 24.3 Å². The molecule has 0 aliphatic carbocycles. The molecule has 0 radical (unpaired) electrons. The zero-order chi connectivity index (χ0) is 13.0. The highest BCUT2D eigenvalue weighted by molar-refractivity contribution is 5.79. The van der Waals surface area contributed by atoms with E-state index in [0.717, 1.165) is 37.3 Å². The first kappa shape index (κ1) is 12.9. The zero-order valence-electron chi connectivity index (χ0n) is 10.8. The number of nitrogens with zero attached hydrogens (tertiary/aromatic N) is 1. The molecule has 1 aromatic carbocycles. The summed E-state index contributed by atoms with van der Waals surface area (Å²) in [6, 6.07) is 7.80. The molecule has 1 fully saturated rings. The molecule has 0 atom stereocenters. The maximum absolute atomic E-state index is 12.2. The molecule has 2 N–H and O–H groups in total. The Morgan fingerprint density at radius 2 is 1.94 bits per heavy atom. The molecular formula is C14H20N2O2. The van der Waals surface area contributed by atoms with Crippen molar-refractivity contribution in [3.05, 3.63) is 29.8 Å². The van der Waals surface area contributed by atoms with Gasteiger partial charge >= 0.3 is 0 Å². The number of ether oxygens (including phenoxy) is 1. The summed E-state index contributed by atoms with van der Waals surface area (Å²) in [6.07, 6.45) is 2.31. The lowest BCUT2D eigenvalue weighted by molar-refractivity contribution is -0.132. The third-order valence-corrected chi connectivity index (χ3v) is 3.47. The van der Waals surface area contributed by atoms with Gasteiger partial charge in [0.05, 0.1) is 6.42 Å². The summed E-state index contributed by atoms with van der Waals surface area (Å²) in [5, 5.41) is 0. The molecule has 18 heavy (non-hydrogen) atoms. The minimum atomic E-state index is 0.159. The number of anilines is 1. The van der Waals surface area contributed by atoms with E-state index in [-0.39, 0.29) is 5.91 Å². The van der Waals surface area contributed by atoms with Gasteiger partial charge in [-0.3, -0.25) is 4.79 Å². The number of hydrogen-bond donors (Lipinski definition) is 1. The molecule has 0 unspecified atom stereocenters. The molecular weight excluding hydrogens is 228 g/mol. The number of carbonyl (C=O) groups is 1. The van der Waals surface area contributed by atoms with Gasteiger partial charge in [-0.25, -0.2) is 0 Å². The Hall–Kier alpha value is -1.55. The van der Waals surface area contributed by atoms with E-state index in [0.29, 0.717) is 12.5 Å². The van der Waals surface area contributed by atoms with Crippen molar-refractivity contribution in [2.24, 2.45) is 0 Å². The first-order chi connectivity index (χ1) is 8.66. The summed E-state index contributed by atoms with van der Waals surface area (Å²) in [5.41, 5.74) is 7.36. The zero-order valence-corrected chi connectivity index (χ0v) is 10.8. The topological polar surface area (TPSA) is 55.6 Å². The molecule has 4 heteroatoms. The van der Waals surface area contributed by atoms with Crippen LogP contribution in [0.1, 0.15) is 18.4 Å². The average molecular weight is 248 g/mol. The standard InChI is InChI=1S/C14H20N2O2/c1-16(13-6-8-18-9-7-13)14(17)10-11-2-4-12(15)5-3-11/h2-5,13H,6-10,15H2,1H3. The molecule has 2 rings (SSSR count). The second-order valence-corrected chi connectivity index (χ2v) is 4.77. The SMILES string of the molecule is CN(C(=O)Cc1ccc(N)cc1)C1CCOCC1. The summed E-state index contributed by atoms with van der Waals surface area (Å²) in [5.74, 6) is 0.159. The van der Waals surface area contributed by atoms with Crippen LogP contribution in [0, 0.1) is 0 Å². The first-order valence-electron chi connectivity index (χ1n) is 6.34. The molecule has 4 nitrogen and oxygen atoms in total. The molecule has 0 bridgehead atoms. The van der Waals surface area contributed by atoms with Crippen molar-refractivity contribution in [2.75, 3.05) is 26.0 Å². The van der Waals surface area contributed by atoms with Gasteiger partial charge in [-0.15, -0.1) is 0 Å². The van der Waals surface area contributed by atoms with Gasteiger partial charge in [-0.2, -0.15) is 0 Å². The van der Waals surface area contributed by atoms with Crippen molar-refractivity contribution in [3.8, 4) is 0 Å². The quantitative estimate of drug-likeness (QED) is 0.824. The van der Waals surface area contributed by atoms with Gasteiger partial charge in [0.2, 0.25) is 5.91 Å². The van der Waals surface area contributed by atoms with E-state index in [4.69, 9.17) is 10.5 Å². The van der Waals surface area contributed by atoms with E-state index < -0.39 is 0 Å². The van der Waals surface area contributed by atoms with Crippen molar-refractivity contribution in [1.29, 1.82) is 0 Å². The fourth-order valence-electron chi connectivity index (χ4n) is 2.21. The highest BCUT2D eigenvalue weighted by Crippen LogP contribution is 2.14. The smallest absolute Gasteiger partial charge is 0.226 e. The molecule has 1 aromatic rings. The number of likely N-dealkylation sites (N-methyl/N-ethyl adjacent to an activating group) is 1. The molecule has 98 valence electrons. The van der Waals surface area contributed by atoms with Crippen LogP contribution in [0.5, 0.6) is 0 Å². The molecule has 1 aliphatic heterocycles. The second kappa shape index (κ2) is 5.87. The number of hydrogen-bond acceptors (Lipinski definition) is 3. The van der Waals surface area contributed by atoms with Crippen LogP contribution in [0.3, 0.4) is 0 Å². The number of nitrogen functional groups attached to an aromatic ring is 1. The Labute approximate surface area is 108 Å². The Morgan fingerprint density at radius 3 is 2.56 bits per heavy atom. The highest BCUT2D eigenvalue weighted by Gasteiger charge is 2.22. The minimum absolute atomic E-state index is 0.159. The average Bonchev–Trinajstić information content (AvgIpc) is 2.41. The minimum Gasteiger partial charge on any atom is -0.399 e. The van der Waals surface area contributed by atoms with Crippen LogP contribution in [0.25, 0.3) is 0 Å². The Bertz CT molecular complexity index is 397. The van der Waals surface area contributed by atoms with E-state index in [1.54, 1.807) is 0 Å². The van der Waals surface area contributed by atoms with E-state index in [1.165, 1.54) is 0 Å². The van der Waals surface area contributed by atoms with Gasteiger partial charge in [-0.1, -0.05) is 12.1 Å². The molecule has 1 saturated heterocycles. The van der Waals surface area contributed by atoms with E-state index in [2.05, 4.69) is 0 Å². The number of carbonyl (C=O) groups excluding carboxylic acids is 1. The van der Waals surface area contributed by atoms with Crippen molar-refractivity contribution >= 4 is 11.6 Å². The lowest BCUT2D eigenvalue weighted by Gasteiger charge is -2.31. The number of nitrogens with two attached hydrogens (primary N) is 1. The van der Waals surface area contributed by atoms with Crippen molar-refractivity contribution in [3.63, 3.8) is 0 Å². The molecule has 1 heterocycles. The summed E-state index contributed by atoms with van der Waals surface area (Å²) in [6.45, 7) is 1.51. The molecule has 0 aromatic heterocycles. The van der Waals surface area contributed by atoms with Gasteiger partial charge in [0.15, 0.2) is 0 Å². The number of benzene rings is 1. The lowest BCUT2D eigenvalue weighted by atomic mass is 10.1. The van der Waals surface area contributed by atoms with Crippen LogP contribution in [0.2, 0.25) is 0 Å². The third kappa shape index (κ3) is 3.23. The maximum atomic E-state index is 12.2. The van der Waals surface area contributed by atoms with Crippen molar-refractivity contribution in [1.82, 2.24) is 4.90 Å². The Morgan fingerprint density at radius 1 is 1.33 bits per heavy atom. The molecule has 0 saturated carbocycles. The fraction of sp³-hybridized carbons (Fsp3) is 0.500. The van der Waals surface area contributed by atoms with Crippen LogP contribution < -0.4 is 5.73 Å². The van der Waals surface area contributed by atoms with E-state index in [9.17, 15) is 4.79 Å². The lowest BCUT2D eigenvalue weighted by Crippen LogP contribution is -2.41. The van der Waals surface area contributed by atoms with Crippen molar-refractivity contribution in [2.45, 2.75) is 25.3 Å². The summed E-state index contributed by atoms with van der Waals surface area (Å²) in [4.78, 5) is 14.0. The molecule has 0 spiro atoms. The predicted octanol–water partition coefficient (Wildman–Crippen LogP) is 1.45. The normalized spacial score (nSPS) is 16.5. The van der Waals surface area contributed by atoms with Gasteiger partial charge in [0, 0.05) is 32.0 Å². The third-order valence-electron chi connectivity index (χ3n) is 3.47.